The Morgan fingerprint density at radius 1 is 1.30 bits per heavy atom. The number of pyridine rings is 1. The third kappa shape index (κ3) is 4.63. The first-order valence-corrected chi connectivity index (χ1v) is 8.96. The molecule has 128 valence electrons. The molecule has 0 radical (unpaired) electrons. The molecule has 0 spiro atoms. The zero-order valence-electron chi connectivity index (χ0n) is 13.4. The minimum Gasteiger partial charge on any atom is -0.482 e. The Bertz CT molecular complexity index is 669. The number of hydrogen-bond acceptors (Lipinski definition) is 5. The molecule has 2 rings (SSSR count). The molecule has 23 heavy (non-hydrogen) atoms. The van der Waals surface area contributed by atoms with Gasteiger partial charge in [0.15, 0.2) is 6.61 Å². The summed E-state index contributed by atoms with van der Waals surface area (Å²) in [5, 5.41) is 5.07. The molecule has 0 aromatic carbocycles. The molecule has 1 fully saturated rings. The summed E-state index contributed by atoms with van der Waals surface area (Å²) in [4.78, 5) is 18.1. The zero-order chi connectivity index (χ0) is 17.0. The zero-order valence-corrected chi connectivity index (χ0v) is 14.2. The molecular weight excluding hydrogens is 320 g/mol. The Morgan fingerprint density at radius 3 is 2.52 bits per heavy atom. The Hall–Kier alpha value is -1.71. The molecule has 0 bridgehead atoms. The van der Waals surface area contributed by atoms with Crippen LogP contribution in [0.15, 0.2) is 12.1 Å². The summed E-state index contributed by atoms with van der Waals surface area (Å²) in [7, 11) is -3.69. The minimum atomic E-state index is -3.69. The summed E-state index contributed by atoms with van der Waals surface area (Å²) >= 11 is 0. The summed E-state index contributed by atoms with van der Waals surface area (Å²) in [6, 6.07) is 3.65. The van der Waals surface area contributed by atoms with E-state index in [0.29, 0.717) is 18.8 Å². The molecule has 2 heterocycles. The van der Waals surface area contributed by atoms with Crippen molar-refractivity contribution in [2.75, 3.05) is 32.8 Å². The lowest BCUT2D eigenvalue weighted by molar-refractivity contribution is -0.134. The Balaban J connectivity index is 1.89. The summed E-state index contributed by atoms with van der Waals surface area (Å²) in [6.07, 6.45) is 0.720. The number of aryl methyl sites for hydroxylation is 2. The van der Waals surface area contributed by atoms with Gasteiger partial charge >= 0.3 is 0 Å². The second-order valence-electron chi connectivity index (χ2n) is 5.36. The lowest BCUT2D eigenvalue weighted by Crippen LogP contribution is -2.53. The van der Waals surface area contributed by atoms with Crippen LogP contribution < -0.4 is 9.88 Å². The predicted octanol–water partition coefficient (Wildman–Crippen LogP) is -0.321. The maximum atomic E-state index is 12.2. The molecule has 9 heteroatoms. The number of ether oxygens (including phenoxy) is 1. The van der Waals surface area contributed by atoms with E-state index in [1.54, 1.807) is 4.90 Å². The van der Waals surface area contributed by atoms with E-state index in [4.69, 9.17) is 9.88 Å². The van der Waals surface area contributed by atoms with Crippen LogP contribution in [0.1, 0.15) is 18.3 Å². The number of nitrogens with zero attached hydrogens (tertiary/aromatic N) is 3. The lowest BCUT2D eigenvalue weighted by atomic mass is 10.2. The first kappa shape index (κ1) is 17.6. The van der Waals surface area contributed by atoms with E-state index in [0.717, 1.165) is 22.1 Å². The van der Waals surface area contributed by atoms with Gasteiger partial charge < -0.3 is 9.64 Å². The third-order valence-corrected chi connectivity index (χ3v) is 4.79. The number of piperazine rings is 1. The predicted molar refractivity (Wildman–Crippen MR) is 85.1 cm³/mol. The molecule has 0 aliphatic carbocycles. The number of hydrogen-bond donors (Lipinski definition) is 1. The van der Waals surface area contributed by atoms with E-state index in [9.17, 15) is 13.2 Å². The van der Waals surface area contributed by atoms with Crippen molar-refractivity contribution in [1.29, 1.82) is 0 Å². The summed E-state index contributed by atoms with van der Waals surface area (Å²) in [5.41, 5.74) is 1.72. The average Bonchev–Trinajstić information content (AvgIpc) is 2.52. The van der Waals surface area contributed by atoms with Crippen molar-refractivity contribution in [2.45, 2.75) is 20.3 Å². The van der Waals surface area contributed by atoms with Crippen molar-refractivity contribution in [3.8, 4) is 5.75 Å². The fourth-order valence-corrected chi connectivity index (χ4v) is 3.08. The van der Waals surface area contributed by atoms with Crippen molar-refractivity contribution in [3.63, 3.8) is 0 Å². The number of rotatable bonds is 5. The van der Waals surface area contributed by atoms with Gasteiger partial charge in [-0.05, 0) is 25.5 Å². The largest absolute Gasteiger partial charge is 0.482 e. The Kier molecular flexibility index (Phi) is 5.55. The molecule has 1 aliphatic rings. The maximum absolute atomic E-state index is 12.2. The smallest absolute Gasteiger partial charge is 0.277 e. The summed E-state index contributed by atoms with van der Waals surface area (Å²) in [6.45, 7) is 4.82. The van der Waals surface area contributed by atoms with Crippen LogP contribution in [-0.2, 0) is 21.4 Å². The van der Waals surface area contributed by atoms with Gasteiger partial charge in [0.25, 0.3) is 16.1 Å². The molecular formula is C14H22N4O4S. The van der Waals surface area contributed by atoms with Crippen LogP contribution in [0.4, 0.5) is 0 Å². The van der Waals surface area contributed by atoms with Crippen LogP contribution in [0.5, 0.6) is 5.75 Å². The maximum Gasteiger partial charge on any atom is 0.277 e. The quantitative estimate of drug-likeness (QED) is 0.789. The van der Waals surface area contributed by atoms with Crippen LogP contribution in [-0.4, -0.2) is 61.3 Å². The second kappa shape index (κ2) is 7.24. The number of nitrogens with two attached hydrogens (primary N) is 1. The highest BCUT2D eigenvalue weighted by molar-refractivity contribution is 7.86. The molecule has 1 aromatic rings. The van der Waals surface area contributed by atoms with Gasteiger partial charge in [0.05, 0.1) is 5.69 Å². The van der Waals surface area contributed by atoms with Crippen molar-refractivity contribution in [2.24, 2.45) is 5.14 Å². The van der Waals surface area contributed by atoms with E-state index in [2.05, 4.69) is 4.98 Å². The van der Waals surface area contributed by atoms with Crippen LogP contribution in [0, 0.1) is 6.92 Å². The molecule has 1 saturated heterocycles. The first-order chi connectivity index (χ1) is 10.8. The molecule has 0 saturated carbocycles. The van der Waals surface area contributed by atoms with E-state index in [-0.39, 0.29) is 25.6 Å². The van der Waals surface area contributed by atoms with Gasteiger partial charge in [-0.1, -0.05) is 6.92 Å². The lowest BCUT2D eigenvalue weighted by Gasteiger charge is -2.32. The molecule has 0 unspecified atom stereocenters. The highest BCUT2D eigenvalue weighted by Gasteiger charge is 2.26. The molecule has 1 amide bonds. The topological polar surface area (TPSA) is 106 Å². The Morgan fingerprint density at radius 2 is 1.96 bits per heavy atom. The number of carbonyl (C=O) groups excluding carboxylic acids is 1. The monoisotopic (exact) mass is 342 g/mol. The second-order valence-corrected chi connectivity index (χ2v) is 6.91. The highest BCUT2D eigenvalue weighted by Crippen LogP contribution is 2.17. The molecule has 8 nitrogen and oxygen atoms in total. The van der Waals surface area contributed by atoms with Gasteiger partial charge in [0, 0.05) is 31.9 Å². The standard InChI is InChI=1S/C14H22N4O4S/c1-3-12-13(5-4-11(2)16-12)22-10-14(19)17-6-8-18(9-7-17)23(15,20)21/h4-5H,3,6-10H2,1-2H3,(H2,15,20,21). The SMILES string of the molecule is CCc1nc(C)ccc1OCC(=O)N1CCN(S(N)(=O)=O)CC1. The van der Waals surface area contributed by atoms with Crippen molar-refractivity contribution in [1.82, 2.24) is 14.2 Å². The first-order valence-electron chi connectivity index (χ1n) is 7.46. The minimum absolute atomic E-state index is 0.0902. The van der Waals surface area contributed by atoms with Crippen molar-refractivity contribution in [3.05, 3.63) is 23.5 Å². The Labute approximate surface area is 136 Å². The van der Waals surface area contributed by atoms with Gasteiger partial charge in [0.1, 0.15) is 5.75 Å². The number of carbonyl (C=O) groups is 1. The fraction of sp³-hybridized carbons (Fsp3) is 0.571. The van der Waals surface area contributed by atoms with E-state index < -0.39 is 10.2 Å². The van der Waals surface area contributed by atoms with Crippen LogP contribution in [0.3, 0.4) is 0 Å². The third-order valence-electron chi connectivity index (χ3n) is 3.71. The van der Waals surface area contributed by atoms with Gasteiger partial charge in [0.2, 0.25) is 0 Å². The van der Waals surface area contributed by atoms with Crippen molar-refractivity contribution < 1.29 is 17.9 Å². The van der Waals surface area contributed by atoms with Crippen LogP contribution in [0.2, 0.25) is 0 Å². The molecule has 1 aliphatic heterocycles. The van der Waals surface area contributed by atoms with E-state index in [1.165, 1.54) is 0 Å². The normalized spacial score (nSPS) is 16.4. The highest BCUT2D eigenvalue weighted by atomic mass is 32.2. The van der Waals surface area contributed by atoms with Gasteiger partial charge in [-0.2, -0.15) is 12.7 Å². The molecule has 2 N–H and O–H groups in total. The van der Waals surface area contributed by atoms with Crippen LogP contribution in [0.25, 0.3) is 0 Å². The van der Waals surface area contributed by atoms with Crippen molar-refractivity contribution >= 4 is 16.1 Å². The summed E-state index contributed by atoms with van der Waals surface area (Å²) < 4.78 is 29.2. The molecule has 0 atom stereocenters. The average molecular weight is 342 g/mol. The fourth-order valence-electron chi connectivity index (χ4n) is 2.41. The van der Waals surface area contributed by atoms with Crippen LogP contribution >= 0.6 is 0 Å². The molecule has 1 aromatic heterocycles. The number of amides is 1. The van der Waals surface area contributed by atoms with Gasteiger partial charge in [-0.3, -0.25) is 9.78 Å². The van der Waals surface area contributed by atoms with Gasteiger partial charge in [-0.25, -0.2) is 5.14 Å². The summed E-state index contributed by atoms with van der Waals surface area (Å²) in [5.74, 6) is 0.427. The number of aromatic nitrogens is 1. The van der Waals surface area contributed by atoms with Gasteiger partial charge in [-0.15, -0.1) is 0 Å². The van der Waals surface area contributed by atoms with E-state index in [1.807, 2.05) is 26.0 Å². The van der Waals surface area contributed by atoms with E-state index >= 15 is 0 Å².